The molecule has 7 heteroatoms. The van der Waals surface area contributed by atoms with E-state index in [0.717, 1.165) is 5.56 Å². The lowest BCUT2D eigenvalue weighted by molar-refractivity contribution is -0.129. The number of hydrogen-bond acceptors (Lipinski definition) is 2. The highest BCUT2D eigenvalue weighted by Crippen LogP contribution is 2.19. The fraction of sp³-hybridized carbons (Fsp3) is 0.222. The van der Waals surface area contributed by atoms with Gasteiger partial charge in [-0.1, -0.05) is 35.3 Å². The van der Waals surface area contributed by atoms with Gasteiger partial charge in [0.05, 0.1) is 5.02 Å². The minimum atomic E-state index is -0.551. The molecule has 0 saturated carbocycles. The van der Waals surface area contributed by atoms with Crippen LogP contribution in [-0.4, -0.2) is 23.3 Å². The molecule has 0 aliphatic rings. The van der Waals surface area contributed by atoms with Crippen molar-refractivity contribution in [3.63, 3.8) is 0 Å². The molecule has 2 amide bonds. The molecule has 0 unspecified atom stereocenters. The minimum absolute atomic E-state index is 0.0640. The predicted octanol–water partition coefficient (Wildman–Crippen LogP) is 4.51. The molecule has 2 aromatic carbocycles. The smallest absolute Gasteiger partial charge is 0.226 e. The number of carbonyl (C=O) groups is 2. The summed E-state index contributed by atoms with van der Waals surface area (Å²) in [5.74, 6) is -0.969. The Morgan fingerprint density at radius 2 is 1.80 bits per heavy atom. The summed E-state index contributed by atoms with van der Waals surface area (Å²) in [5.41, 5.74) is 1.33. The van der Waals surface area contributed by atoms with Gasteiger partial charge in [-0.25, -0.2) is 4.39 Å². The second-order valence-electron chi connectivity index (χ2n) is 5.49. The van der Waals surface area contributed by atoms with Crippen LogP contribution in [0.2, 0.25) is 10.0 Å². The topological polar surface area (TPSA) is 49.4 Å². The van der Waals surface area contributed by atoms with Crippen molar-refractivity contribution in [1.82, 2.24) is 4.90 Å². The van der Waals surface area contributed by atoms with Gasteiger partial charge in [0.25, 0.3) is 0 Å². The molecule has 0 radical (unpaired) electrons. The van der Waals surface area contributed by atoms with Crippen molar-refractivity contribution < 1.29 is 14.0 Å². The van der Waals surface area contributed by atoms with Crippen LogP contribution < -0.4 is 5.32 Å². The van der Waals surface area contributed by atoms with Crippen LogP contribution in [-0.2, 0) is 16.1 Å². The first kappa shape index (κ1) is 19.2. The van der Waals surface area contributed by atoms with Crippen LogP contribution in [0.3, 0.4) is 0 Å². The van der Waals surface area contributed by atoms with Crippen molar-refractivity contribution in [2.75, 3.05) is 11.9 Å². The summed E-state index contributed by atoms with van der Waals surface area (Å²) in [6.45, 7) is 2.11. The second kappa shape index (κ2) is 8.83. The fourth-order valence-electron chi connectivity index (χ4n) is 2.19. The van der Waals surface area contributed by atoms with E-state index in [1.165, 1.54) is 25.1 Å². The summed E-state index contributed by atoms with van der Waals surface area (Å²) in [6, 6.07) is 11.1. The van der Waals surface area contributed by atoms with E-state index in [4.69, 9.17) is 23.2 Å². The third-order valence-corrected chi connectivity index (χ3v) is 4.09. The van der Waals surface area contributed by atoms with Gasteiger partial charge >= 0.3 is 0 Å². The van der Waals surface area contributed by atoms with Gasteiger partial charge < -0.3 is 10.2 Å². The zero-order valence-corrected chi connectivity index (χ0v) is 15.1. The number of carbonyl (C=O) groups excluding carboxylic acids is 2. The Kier molecular flexibility index (Phi) is 6.79. The molecule has 0 aliphatic heterocycles. The number of nitrogens with zero attached hydrogens (tertiary/aromatic N) is 1. The number of anilines is 1. The number of rotatable bonds is 6. The van der Waals surface area contributed by atoms with Crippen molar-refractivity contribution in [3.05, 3.63) is 63.9 Å². The van der Waals surface area contributed by atoms with Crippen molar-refractivity contribution in [1.29, 1.82) is 0 Å². The lowest BCUT2D eigenvalue weighted by Crippen LogP contribution is -2.31. The molecule has 2 aromatic rings. The van der Waals surface area contributed by atoms with Crippen LogP contribution >= 0.6 is 23.2 Å². The zero-order chi connectivity index (χ0) is 18.4. The number of hydrogen-bond donors (Lipinski definition) is 1. The molecule has 2 rings (SSSR count). The molecule has 1 N–H and O–H groups in total. The summed E-state index contributed by atoms with van der Waals surface area (Å²) in [5, 5.41) is 3.19. The molecule has 132 valence electrons. The van der Waals surface area contributed by atoms with Crippen molar-refractivity contribution >= 4 is 40.7 Å². The Balaban J connectivity index is 1.91. The summed E-state index contributed by atoms with van der Waals surface area (Å²) in [4.78, 5) is 25.4. The Labute approximate surface area is 155 Å². The summed E-state index contributed by atoms with van der Waals surface area (Å²) >= 11 is 11.5. The first-order valence-electron chi connectivity index (χ1n) is 7.60. The first-order chi connectivity index (χ1) is 11.8. The summed E-state index contributed by atoms with van der Waals surface area (Å²) in [6.07, 6.45) is 0.113. The minimum Gasteiger partial charge on any atom is -0.338 e. The van der Waals surface area contributed by atoms with Gasteiger partial charge in [0.1, 0.15) is 5.82 Å². The van der Waals surface area contributed by atoms with E-state index >= 15 is 0 Å². The number of benzene rings is 2. The van der Waals surface area contributed by atoms with Gasteiger partial charge in [-0.2, -0.15) is 0 Å². The second-order valence-corrected chi connectivity index (χ2v) is 6.34. The van der Waals surface area contributed by atoms with E-state index in [1.54, 1.807) is 17.0 Å². The highest BCUT2D eigenvalue weighted by atomic mass is 35.5. The van der Waals surface area contributed by atoms with E-state index in [9.17, 15) is 14.0 Å². The zero-order valence-electron chi connectivity index (χ0n) is 13.6. The van der Waals surface area contributed by atoms with Crippen LogP contribution in [0.1, 0.15) is 18.9 Å². The number of halogens is 3. The van der Waals surface area contributed by atoms with Crippen LogP contribution in [0, 0.1) is 5.82 Å². The molecular formula is C18H17Cl2FN2O2. The van der Waals surface area contributed by atoms with Gasteiger partial charge in [0.15, 0.2) is 0 Å². The van der Waals surface area contributed by atoms with Crippen LogP contribution in [0.5, 0.6) is 0 Å². The molecular weight excluding hydrogens is 366 g/mol. The maximum Gasteiger partial charge on any atom is 0.226 e. The lowest BCUT2D eigenvalue weighted by atomic mass is 10.2. The van der Waals surface area contributed by atoms with Crippen LogP contribution in [0.25, 0.3) is 0 Å². The molecule has 25 heavy (non-hydrogen) atoms. The van der Waals surface area contributed by atoms with E-state index in [2.05, 4.69) is 5.32 Å². The molecule has 0 spiro atoms. The first-order valence-corrected chi connectivity index (χ1v) is 8.35. The molecule has 0 heterocycles. The average Bonchev–Trinajstić information content (AvgIpc) is 2.56. The van der Waals surface area contributed by atoms with E-state index in [-0.39, 0.29) is 29.8 Å². The van der Waals surface area contributed by atoms with Gasteiger partial charge in [0, 0.05) is 37.1 Å². The number of nitrogens with one attached hydrogen (secondary N) is 1. The number of amides is 2. The highest BCUT2D eigenvalue weighted by Gasteiger charge is 2.12. The molecule has 0 aliphatic carbocycles. The molecule has 0 saturated heterocycles. The third kappa shape index (κ3) is 6.03. The van der Waals surface area contributed by atoms with Crippen molar-refractivity contribution in [2.45, 2.75) is 19.9 Å². The van der Waals surface area contributed by atoms with Gasteiger partial charge in [-0.05, 0) is 35.9 Å². The maximum atomic E-state index is 13.1. The van der Waals surface area contributed by atoms with Crippen molar-refractivity contribution in [2.24, 2.45) is 0 Å². The fourth-order valence-corrected chi connectivity index (χ4v) is 2.50. The predicted molar refractivity (Wildman–Crippen MR) is 97.2 cm³/mol. The third-order valence-electron chi connectivity index (χ3n) is 3.54. The van der Waals surface area contributed by atoms with Crippen molar-refractivity contribution in [3.8, 4) is 0 Å². The van der Waals surface area contributed by atoms with E-state index in [0.29, 0.717) is 17.3 Å². The Hall–Kier alpha value is -2.11. The lowest BCUT2D eigenvalue weighted by Gasteiger charge is -2.21. The molecule has 0 bridgehead atoms. The average molecular weight is 383 g/mol. The SMILES string of the molecule is CC(=O)N(CCC(=O)Nc1ccc(F)c(Cl)c1)Cc1ccc(Cl)cc1. The van der Waals surface area contributed by atoms with E-state index in [1.807, 2.05) is 12.1 Å². The molecule has 0 atom stereocenters. The highest BCUT2D eigenvalue weighted by molar-refractivity contribution is 6.31. The quantitative estimate of drug-likeness (QED) is 0.798. The van der Waals surface area contributed by atoms with Crippen LogP contribution in [0.15, 0.2) is 42.5 Å². The van der Waals surface area contributed by atoms with E-state index < -0.39 is 5.82 Å². The van der Waals surface area contributed by atoms with Crippen LogP contribution in [0.4, 0.5) is 10.1 Å². The Bertz CT molecular complexity index is 766. The molecule has 4 nitrogen and oxygen atoms in total. The normalized spacial score (nSPS) is 10.4. The summed E-state index contributed by atoms with van der Waals surface area (Å²) in [7, 11) is 0. The van der Waals surface area contributed by atoms with Gasteiger partial charge in [-0.15, -0.1) is 0 Å². The summed E-state index contributed by atoms with van der Waals surface area (Å²) < 4.78 is 13.1. The largest absolute Gasteiger partial charge is 0.338 e. The Morgan fingerprint density at radius 3 is 2.40 bits per heavy atom. The molecule has 0 fully saturated rings. The standard InChI is InChI=1S/C18H17Cl2FN2O2/c1-12(24)23(11-13-2-4-14(19)5-3-13)9-8-18(25)22-15-6-7-17(21)16(20)10-15/h2-7,10H,8-9,11H2,1H3,(H,22,25). The Morgan fingerprint density at radius 1 is 1.12 bits per heavy atom. The van der Waals surface area contributed by atoms with Gasteiger partial charge in [-0.3, -0.25) is 9.59 Å². The van der Waals surface area contributed by atoms with Gasteiger partial charge in [0.2, 0.25) is 11.8 Å². The maximum absolute atomic E-state index is 13.1. The monoisotopic (exact) mass is 382 g/mol. The molecule has 0 aromatic heterocycles.